The summed E-state index contributed by atoms with van der Waals surface area (Å²) in [5.41, 5.74) is 1.92. The molecule has 2 aromatic heterocycles. The molecule has 0 bridgehead atoms. The standard InChI is InChI=1S/C26H29N3O7S3/c1-4-12-29-18-11-10-16(36-5-2)13-20(18)38-26(29)28-22(31)15-39(33,34)14-21(30)27-24-23(25(32)35-3)17-8-6-7-9-19(17)37-24/h4,10-11,13H,1,5-9,12,14-15H2,2-3H3,(H,27,30). The molecule has 0 spiro atoms. The first-order valence-electron chi connectivity index (χ1n) is 12.3. The molecule has 0 unspecified atom stereocenters. The predicted molar refractivity (Wildman–Crippen MR) is 151 cm³/mol. The minimum Gasteiger partial charge on any atom is -0.494 e. The van der Waals surface area contributed by atoms with Crippen molar-refractivity contribution in [2.75, 3.05) is 30.5 Å². The minimum atomic E-state index is -4.14. The lowest BCUT2D eigenvalue weighted by molar-refractivity contribution is -0.115. The van der Waals surface area contributed by atoms with Crippen molar-refractivity contribution >= 4 is 65.5 Å². The van der Waals surface area contributed by atoms with E-state index in [1.165, 1.54) is 29.8 Å². The van der Waals surface area contributed by atoms with Crippen LogP contribution in [0.15, 0.2) is 35.8 Å². The van der Waals surface area contributed by atoms with Crippen LogP contribution in [-0.4, -0.2) is 56.0 Å². The number of anilines is 1. The number of carbonyl (C=O) groups is 3. The van der Waals surface area contributed by atoms with Gasteiger partial charge in [0.25, 0.3) is 5.91 Å². The number of allylic oxidation sites excluding steroid dienone is 1. The molecule has 0 radical (unpaired) electrons. The Bertz CT molecular complexity index is 1610. The monoisotopic (exact) mass is 591 g/mol. The summed E-state index contributed by atoms with van der Waals surface area (Å²) >= 11 is 2.48. The molecule has 1 aliphatic carbocycles. The number of amides is 2. The van der Waals surface area contributed by atoms with E-state index in [0.717, 1.165) is 39.9 Å². The summed E-state index contributed by atoms with van der Waals surface area (Å²) in [6.45, 7) is 6.49. The van der Waals surface area contributed by atoms with Crippen molar-refractivity contribution in [3.8, 4) is 5.75 Å². The number of carbonyl (C=O) groups excluding carboxylic acids is 3. The van der Waals surface area contributed by atoms with Gasteiger partial charge in [-0.05, 0) is 56.4 Å². The number of ether oxygens (including phenoxy) is 2. The third kappa shape index (κ3) is 6.65. The molecule has 1 N–H and O–H groups in total. The van der Waals surface area contributed by atoms with E-state index in [2.05, 4.69) is 16.9 Å². The summed E-state index contributed by atoms with van der Waals surface area (Å²) in [5, 5.41) is 2.82. The maximum atomic E-state index is 12.7. The average molecular weight is 592 g/mol. The minimum absolute atomic E-state index is 0.270. The number of benzene rings is 1. The summed E-state index contributed by atoms with van der Waals surface area (Å²) in [6, 6.07) is 5.48. The molecule has 208 valence electrons. The second kappa shape index (κ2) is 12.3. The number of methoxy groups -OCH3 is 1. The van der Waals surface area contributed by atoms with E-state index in [9.17, 15) is 22.8 Å². The highest BCUT2D eigenvalue weighted by atomic mass is 32.2. The first-order valence-corrected chi connectivity index (χ1v) is 15.8. The van der Waals surface area contributed by atoms with Crippen molar-refractivity contribution in [3.05, 3.63) is 51.7 Å². The second-order valence-corrected chi connectivity index (χ2v) is 13.0. The molecule has 13 heteroatoms. The fourth-order valence-corrected chi connectivity index (χ4v) is 7.81. The van der Waals surface area contributed by atoms with Crippen molar-refractivity contribution in [1.82, 2.24) is 4.57 Å². The Kier molecular flexibility index (Phi) is 9.03. The summed E-state index contributed by atoms with van der Waals surface area (Å²) < 4.78 is 38.5. The maximum Gasteiger partial charge on any atom is 0.341 e. The number of esters is 1. The average Bonchev–Trinajstić information content (AvgIpc) is 3.40. The number of rotatable bonds is 10. The van der Waals surface area contributed by atoms with Gasteiger partial charge in [0.05, 0.1) is 29.5 Å². The topological polar surface area (TPSA) is 133 Å². The van der Waals surface area contributed by atoms with Gasteiger partial charge in [-0.2, -0.15) is 4.99 Å². The summed E-state index contributed by atoms with van der Waals surface area (Å²) in [7, 11) is -2.88. The van der Waals surface area contributed by atoms with Gasteiger partial charge in [0.1, 0.15) is 22.3 Å². The molecule has 0 saturated heterocycles. The van der Waals surface area contributed by atoms with Crippen LogP contribution >= 0.6 is 22.7 Å². The fourth-order valence-electron chi connectivity index (χ4n) is 4.41. The lowest BCUT2D eigenvalue weighted by Crippen LogP contribution is -2.28. The maximum absolute atomic E-state index is 12.7. The molecule has 1 aromatic carbocycles. The molecular formula is C26H29N3O7S3. The largest absolute Gasteiger partial charge is 0.494 e. The van der Waals surface area contributed by atoms with Crippen LogP contribution in [0, 0.1) is 0 Å². The third-order valence-corrected chi connectivity index (χ3v) is 9.64. The van der Waals surface area contributed by atoms with Crippen molar-refractivity contribution in [1.29, 1.82) is 0 Å². The molecule has 0 aliphatic heterocycles. The highest BCUT2D eigenvalue weighted by Gasteiger charge is 2.28. The van der Waals surface area contributed by atoms with E-state index in [0.29, 0.717) is 30.1 Å². The fraction of sp³-hybridized carbons (Fsp3) is 0.385. The Morgan fingerprint density at radius 1 is 1.18 bits per heavy atom. The SMILES string of the molecule is C=CCn1c(=NC(=O)CS(=O)(=O)CC(=O)Nc2sc3c(c2C(=O)OC)CCCC3)sc2cc(OCC)ccc21. The van der Waals surface area contributed by atoms with Gasteiger partial charge in [-0.15, -0.1) is 17.9 Å². The molecule has 2 heterocycles. The number of nitrogens with one attached hydrogen (secondary N) is 1. The first-order chi connectivity index (χ1) is 18.7. The van der Waals surface area contributed by atoms with Crippen LogP contribution < -0.4 is 14.9 Å². The van der Waals surface area contributed by atoms with E-state index in [4.69, 9.17) is 9.47 Å². The lowest BCUT2D eigenvalue weighted by Gasteiger charge is -2.11. The number of thiazole rings is 1. The summed E-state index contributed by atoms with van der Waals surface area (Å²) in [6.07, 6.45) is 5.02. The Hall–Kier alpha value is -3.29. The molecule has 0 saturated carbocycles. The summed E-state index contributed by atoms with van der Waals surface area (Å²) in [4.78, 5) is 43.1. The van der Waals surface area contributed by atoms with Gasteiger partial charge in [0.2, 0.25) is 5.91 Å². The molecule has 1 aliphatic rings. The van der Waals surface area contributed by atoms with Crippen molar-refractivity contribution in [2.24, 2.45) is 4.99 Å². The molecule has 4 rings (SSSR count). The first kappa shape index (κ1) is 28.7. The zero-order valence-electron chi connectivity index (χ0n) is 21.7. The third-order valence-electron chi connectivity index (χ3n) is 6.01. The van der Waals surface area contributed by atoms with Crippen molar-refractivity contribution in [2.45, 2.75) is 39.2 Å². The summed E-state index contributed by atoms with van der Waals surface area (Å²) in [5.74, 6) is -3.49. The van der Waals surface area contributed by atoms with Crippen LogP contribution in [-0.2, 0) is 43.5 Å². The number of hydrogen-bond acceptors (Lipinski definition) is 9. The second-order valence-electron chi connectivity index (χ2n) is 8.84. The van der Waals surface area contributed by atoms with Crippen LogP contribution in [0.5, 0.6) is 5.75 Å². The van der Waals surface area contributed by atoms with Gasteiger partial charge in [0.15, 0.2) is 14.6 Å². The van der Waals surface area contributed by atoms with Crippen molar-refractivity contribution < 1.29 is 32.3 Å². The zero-order valence-corrected chi connectivity index (χ0v) is 24.1. The van der Waals surface area contributed by atoms with Crippen LogP contribution in [0.2, 0.25) is 0 Å². The van der Waals surface area contributed by atoms with Crippen LogP contribution in [0.4, 0.5) is 5.00 Å². The van der Waals surface area contributed by atoms with Gasteiger partial charge < -0.3 is 19.4 Å². The number of nitrogens with zero attached hydrogens (tertiary/aromatic N) is 2. The zero-order chi connectivity index (χ0) is 28.2. The Balaban J connectivity index is 1.51. The van der Waals surface area contributed by atoms with Gasteiger partial charge in [-0.25, -0.2) is 13.2 Å². The number of thiophene rings is 1. The quantitative estimate of drug-likeness (QED) is 0.282. The van der Waals surface area contributed by atoms with Crippen molar-refractivity contribution in [3.63, 3.8) is 0 Å². The van der Waals surface area contributed by atoms with E-state index in [1.54, 1.807) is 10.6 Å². The Morgan fingerprint density at radius 3 is 2.67 bits per heavy atom. The van der Waals surface area contributed by atoms with Gasteiger partial charge in [-0.1, -0.05) is 17.4 Å². The molecule has 0 fully saturated rings. The van der Waals surface area contributed by atoms with Crippen LogP contribution in [0.3, 0.4) is 0 Å². The Morgan fingerprint density at radius 2 is 1.95 bits per heavy atom. The molecular weight excluding hydrogens is 563 g/mol. The Labute approximate surface area is 233 Å². The molecule has 39 heavy (non-hydrogen) atoms. The normalized spacial score (nSPS) is 13.6. The number of aryl methyl sites for hydroxylation is 1. The van der Waals surface area contributed by atoms with Gasteiger partial charge in [0, 0.05) is 11.4 Å². The number of sulfone groups is 1. The number of fused-ring (bicyclic) bond motifs is 2. The number of hydrogen-bond donors (Lipinski definition) is 1. The van der Waals surface area contributed by atoms with E-state index in [-0.39, 0.29) is 10.6 Å². The highest BCUT2D eigenvalue weighted by Crippen LogP contribution is 2.38. The highest BCUT2D eigenvalue weighted by molar-refractivity contribution is 7.92. The lowest BCUT2D eigenvalue weighted by atomic mass is 9.95. The van der Waals surface area contributed by atoms with Crippen LogP contribution in [0.1, 0.15) is 40.6 Å². The van der Waals surface area contributed by atoms with Gasteiger partial charge in [-0.3, -0.25) is 9.59 Å². The molecule has 3 aromatic rings. The van der Waals surface area contributed by atoms with Crippen LogP contribution in [0.25, 0.3) is 10.2 Å². The van der Waals surface area contributed by atoms with E-state index in [1.807, 2.05) is 25.1 Å². The van der Waals surface area contributed by atoms with Gasteiger partial charge >= 0.3 is 5.97 Å². The molecule has 0 atom stereocenters. The van der Waals surface area contributed by atoms with E-state index < -0.39 is 39.1 Å². The molecule has 10 nitrogen and oxygen atoms in total. The number of aromatic nitrogens is 1. The van der Waals surface area contributed by atoms with E-state index >= 15 is 0 Å². The smallest absolute Gasteiger partial charge is 0.341 e. The predicted octanol–water partition coefficient (Wildman–Crippen LogP) is 3.50. The molecule has 2 amide bonds.